The predicted molar refractivity (Wildman–Crippen MR) is 74.1 cm³/mol. The molecule has 88 valence electrons. The van der Waals surface area contributed by atoms with Crippen LogP contribution in [0.15, 0.2) is 42.5 Å². The van der Waals surface area contributed by atoms with E-state index < -0.39 is 0 Å². The highest BCUT2D eigenvalue weighted by Gasteiger charge is 2.05. The van der Waals surface area contributed by atoms with Crippen LogP contribution in [0.5, 0.6) is 0 Å². The van der Waals surface area contributed by atoms with E-state index in [1.165, 1.54) is 27.8 Å². The molecule has 0 amide bonds. The van der Waals surface area contributed by atoms with Crippen molar-refractivity contribution in [1.82, 2.24) is 5.32 Å². The minimum atomic E-state index is 0.937. The van der Waals surface area contributed by atoms with E-state index in [1.807, 2.05) is 7.05 Å². The van der Waals surface area contributed by atoms with E-state index in [0.717, 1.165) is 6.54 Å². The Morgan fingerprint density at radius 2 is 1.47 bits per heavy atom. The number of hydrogen-bond acceptors (Lipinski definition) is 1. The highest BCUT2D eigenvalue weighted by Crippen LogP contribution is 2.25. The SMILES string of the molecule is CNCc1c(C)cc(-c2ccccc2)cc1C. The Kier molecular flexibility index (Phi) is 3.60. The van der Waals surface area contributed by atoms with Gasteiger partial charge in [-0.25, -0.2) is 0 Å². The van der Waals surface area contributed by atoms with Gasteiger partial charge in [-0.2, -0.15) is 0 Å². The molecule has 0 fully saturated rings. The molecule has 0 spiro atoms. The van der Waals surface area contributed by atoms with E-state index in [2.05, 4.69) is 61.6 Å². The van der Waals surface area contributed by atoms with Gasteiger partial charge in [0.1, 0.15) is 0 Å². The maximum absolute atomic E-state index is 3.22. The summed E-state index contributed by atoms with van der Waals surface area (Å²) >= 11 is 0. The Labute approximate surface area is 103 Å². The van der Waals surface area contributed by atoms with E-state index in [-0.39, 0.29) is 0 Å². The van der Waals surface area contributed by atoms with Gasteiger partial charge in [-0.1, -0.05) is 42.5 Å². The van der Waals surface area contributed by atoms with Gasteiger partial charge in [0, 0.05) is 6.54 Å². The topological polar surface area (TPSA) is 12.0 Å². The molecule has 0 saturated carbocycles. The number of aryl methyl sites for hydroxylation is 2. The summed E-state index contributed by atoms with van der Waals surface area (Å²) in [6.45, 7) is 5.31. The van der Waals surface area contributed by atoms with Gasteiger partial charge >= 0.3 is 0 Å². The summed E-state index contributed by atoms with van der Waals surface area (Å²) in [7, 11) is 1.99. The van der Waals surface area contributed by atoms with Crippen molar-refractivity contribution in [3.63, 3.8) is 0 Å². The first-order valence-corrected chi connectivity index (χ1v) is 6.02. The van der Waals surface area contributed by atoms with Crippen LogP contribution < -0.4 is 5.32 Å². The average Bonchev–Trinajstić information content (AvgIpc) is 2.35. The van der Waals surface area contributed by atoms with Crippen molar-refractivity contribution in [3.05, 3.63) is 59.2 Å². The third-order valence-corrected chi connectivity index (χ3v) is 3.16. The Hall–Kier alpha value is -1.60. The van der Waals surface area contributed by atoms with Gasteiger partial charge in [0.15, 0.2) is 0 Å². The molecule has 0 aliphatic rings. The van der Waals surface area contributed by atoms with Crippen LogP contribution in [-0.4, -0.2) is 7.05 Å². The van der Waals surface area contributed by atoms with E-state index in [1.54, 1.807) is 0 Å². The van der Waals surface area contributed by atoms with Crippen molar-refractivity contribution in [1.29, 1.82) is 0 Å². The number of nitrogens with one attached hydrogen (secondary N) is 1. The fraction of sp³-hybridized carbons (Fsp3) is 0.250. The molecule has 17 heavy (non-hydrogen) atoms. The van der Waals surface area contributed by atoms with Crippen LogP contribution in [0.2, 0.25) is 0 Å². The predicted octanol–water partition coefficient (Wildman–Crippen LogP) is 3.69. The average molecular weight is 225 g/mol. The zero-order chi connectivity index (χ0) is 12.3. The van der Waals surface area contributed by atoms with Crippen LogP contribution in [0.4, 0.5) is 0 Å². The van der Waals surface area contributed by atoms with Crippen LogP contribution in [0.1, 0.15) is 16.7 Å². The van der Waals surface area contributed by atoms with Crippen LogP contribution >= 0.6 is 0 Å². The summed E-state index contributed by atoms with van der Waals surface area (Å²) < 4.78 is 0. The lowest BCUT2D eigenvalue weighted by Crippen LogP contribution is -2.08. The molecule has 1 N–H and O–H groups in total. The van der Waals surface area contributed by atoms with Crippen LogP contribution in [0.25, 0.3) is 11.1 Å². The first-order valence-electron chi connectivity index (χ1n) is 6.02. The van der Waals surface area contributed by atoms with Crippen molar-refractivity contribution in [2.24, 2.45) is 0 Å². The third-order valence-electron chi connectivity index (χ3n) is 3.16. The molecule has 0 heterocycles. The molecule has 2 aromatic carbocycles. The summed E-state index contributed by atoms with van der Waals surface area (Å²) in [6.07, 6.45) is 0. The number of hydrogen-bond donors (Lipinski definition) is 1. The summed E-state index contributed by atoms with van der Waals surface area (Å²) in [5, 5.41) is 3.22. The summed E-state index contributed by atoms with van der Waals surface area (Å²) in [4.78, 5) is 0. The largest absolute Gasteiger partial charge is 0.316 e. The van der Waals surface area contributed by atoms with Gasteiger partial charge in [-0.3, -0.25) is 0 Å². The Morgan fingerprint density at radius 3 is 2.00 bits per heavy atom. The molecule has 0 saturated heterocycles. The lowest BCUT2D eigenvalue weighted by Gasteiger charge is -2.12. The second kappa shape index (κ2) is 5.15. The molecular formula is C16H19N. The summed E-state index contributed by atoms with van der Waals surface area (Å²) in [5.74, 6) is 0. The molecule has 2 rings (SSSR count). The minimum Gasteiger partial charge on any atom is -0.316 e. The van der Waals surface area contributed by atoms with Crippen molar-refractivity contribution in [2.45, 2.75) is 20.4 Å². The Bertz CT molecular complexity index is 477. The van der Waals surface area contributed by atoms with Crippen molar-refractivity contribution in [2.75, 3.05) is 7.05 Å². The highest BCUT2D eigenvalue weighted by atomic mass is 14.8. The second-order valence-corrected chi connectivity index (χ2v) is 4.48. The Balaban J connectivity index is 2.46. The first kappa shape index (κ1) is 11.9. The molecule has 0 aliphatic carbocycles. The monoisotopic (exact) mass is 225 g/mol. The highest BCUT2D eigenvalue weighted by molar-refractivity contribution is 5.66. The molecule has 0 radical (unpaired) electrons. The van der Waals surface area contributed by atoms with Crippen molar-refractivity contribution in [3.8, 4) is 11.1 Å². The standard InChI is InChI=1S/C16H19N/c1-12-9-15(14-7-5-4-6-8-14)10-13(2)16(12)11-17-3/h4-10,17H,11H2,1-3H3. The van der Waals surface area contributed by atoms with Gasteiger partial charge < -0.3 is 5.32 Å². The molecule has 0 atom stereocenters. The quantitative estimate of drug-likeness (QED) is 0.840. The fourth-order valence-electron chi connectivity index (χ4n) is 2.25. The van der Waals surface area contributed by atoms with Gasteiger partial charge in [0.2, 0.25) is 0 Å². The minimum absolute atomic E-state index is 0.937. The maximum Gasteiger partial charge on any atom is 0.0207 e. The first-order chi connectivity index (χ1) is 8.22. The van der Waals surface area contributed by atoms with E-state index in [0.29, 0.717) is 0 Å². The van der Waals surface area contributed by atoms with E-state index >= 15 is 0 Å². The smallest absolute Gasteiger partial charge is 0.0207 e. The normalized spacial score (nSPS) is 10.5. The summed E-state index contributed by atoms with van der Waals surface area (Å²) in [6, 6.07) is 15.1. The molecular weight excluding hydrogens is 206 g/mol. The van der Waals surface area contributed by atoms with E-state index in [4.69, 9.17) is 0 Å². The van der Waals surface area contributed by atoms with E-state index in [9.17, 15) is 0 Å². The lowest BCUT2D eigenvalue weighted by molar-refractivity contribution is 0.806. The zero-order valence-corrected chi connectivity index (χ0v) is 10.7. The van der Waals surface area contributed by atoms with Gasteiger partial charge in [0.05, 0.1) is 0 Å². The fourth-order valence-corrected chi connectivity index (χ4v) is 2.25. The number of benzene rings is 2. The Morgan fingerprint density at radius 1 is 0.882 bits per heavy atom. The maximum atomic E-state index is 3.22. The zero-order valence-electron chi connectivity index (χ0n) is 10.7. The molecule has 1 heteroatoms. The van der Waals surface area contributed by atoms with Crippen LogP contribution in [0.3, 0.4) is 0 Å². The molecule has 0 unspecified atom stereocenters. The molecule has 0 bridgehead atoms. The van der Waals surface area contributed by atoms with Crippen LogP contribution in [0, 0.1) is 13.8 Å². The number of rotatable bonds is 3. The molecule has 2 aromatic rings. The molecule has 1 nitrogen and oxygen atoms in total. The second-order valence-electron chi connectivity index (χ2n) is 4.48. The van der Waals surface area contributed by atoms with Crippen LogP contribution in [-0.2, 0) is 6.54 Å². The van der Waals surface area contributed by atoms with Crippen molar-refractivity contribution >= 4 is 0 Å². The third kappa shape index (κ3) is 2.56. The lowest BCUT2D eigenvalue weighted by atomic mass is 9.95. The molecule has 0 aromatic heterocycles. The van der Waals surface area contributed by atoms with Gasteiger partial charge in [-0.05, 0) is 48.7 Å². The van der Waals surface area contributed by atoms with Crippen molar-refractivity contribution < 1.29 is 0 Å². The van der Waals surface area contributed by atoms with Gasteiger partial charge in [-0.15, -0.1) is 0 Å². The summed E-state index contributed by atoms with van der Waals surface area (Å²) in [5.41, 5.74) is 6.72. The molecule has 0 aliphatic heterocycles. The van der Waals surface area contributed by atoms with Gasteiger partial charge in [0.25, 0.3) is 0 Å².